The number of hydrogen-bond acceptors (Lipinski definition) is 4. The van der Waals surface area contributed by atoms with Crippen molar-refractivity contribution < 1.29 is 14.6 Å². The van der Waals surface area contributed by atoms with Gasteiger partial charge in [0, 0.05) is 39.2 Å². The van der Waals surface area contributed by atoms with Gasteiger partial charge in [-0.2, -0.15) is 5.26 Å². The first-order chi connectivity index (χ1) is 7.20. The molecule has 1 N–H and O–H groups in total. The molecule has 0 unspecified atom stereocenters. The molecule has 0 aliphatic heterocycles. The SMILES string of the molecule is COCCN(CC=CC(=O)O)CCC#N. The molecule has 0 heterocycles. The largest absolute Gasteiger partial charge is 0.478 e. The molecule has 15 heavy (non-hydrogen) atoms. The Hall–Kier alpha value is -1.38. The second-order valence-electron chi connectivity index (χ2n) is 2.94. The molecule has 0 aliphatic carbocycles. The molecule has 0 saturated carbocycles. The van der Waals surface area contributed by atoms with Crippen LogP contribution in [0, 0.1) is 11.3 Å². The van der Waals surface area contributed by atoms with Crippen LogP contribution in [0.15, 0.2) is 12.2 Å². The van der Waals surface area contributed by atoms with Gasteiger partial charge in [0.2, 0.25) is 0 Å². The Balaban J connectivity index is 3.89. The lowest BCUT2D eigenvalue weighted by Gasteiger charge is -2.18. The standard InChI is InChI=1S/C10H16N2O3/c1-15-9-8-12(7-3-5-11)6-2-4-10(13)14/h2,4H,3,6-9H2,1H3,(H,13,14). The molecule has 5 nitrogen and oxygen atoms in total. The van der Waals surface area contributed by atoms with E-state index >= 15 is 0 Å². The van der Waals surface area contributed by atoms with Gasteiger partial charge in [-0.05, 0) is 0 Å². The van der Waals surface area contributed by atoms with Crippen molar-refractivity contribution in [1.29, 1.82) is 5.26 Å². The third-order valence-electron chi connectivity index (χ3n) is 1.78. The van der Waals surface area contributed by atoms with Crippen LogP contribution in [0.5, 0.6) is 0 Å². The molecule has 84 valence electrons. The summed E-state index contributed by atoms with van der Waals surface area (Å²) in [6.45, 7) is 2.43. The summed E-state index contributed by atoms with van der Waals surface area (Å²) < 4.78 is 4.91. The molecule has 0 fully saturated rings. The molecule has 0 saturated heterocycles. The first-order valence-corrected chi connectivity index (χ1v) is 4.68. The highest BCUT2D eigenvalue weighted by Gasteiger charge is 2.01. The number of ether oxygens (including phenoxy) is 1. The van der Waals surface area contributed by atoms with E-state index in [4.69, 9.17) is 15.1 Å². The summed E-state index contributed by atoms with van der Waals surface area (Å²) in [7, 11) is 1.61. The molecule has 0 aromatic carbocycles. The van der Waals surface area contributed by atoms with E-state index in [-0.39, 0.29) is 0 Å². The highest BCUT2D eigenvalue weighted by molar-refractivity contribution is 5.79. The molecule has 0 bridgehead atoms. The Morgan fingerprint density at radius 2 is 2.33 bits per heavy atom. The highest BCUT2D eigenvalue weighted by atomic mass is 16.5. The van der Waals surface area contributed by atoms with Gasteiger partial charge >= 0.3 is 5.97 Å². The number of nitriles is 1. The summed E-state index contributed by atoms with van der Waals surface area (Å²) in [4.78, 5) is 12.2. The van der Waals surface area contributed by atoms with E-state index in [1.54, 1.807) is 13.2 Å². The molecule has 0 aliphatic rings. The van der Waals surface area contributed by atoms with Gasteiger partial charge in [0.15, 0.2) is 0 Å². The molecular weight excluding hydrogens is 196 g/mol. The Morgan fingerprint density at radius 1 is 1.60 bits per heavy atom. The van der Waals surface area contributed by atoms with Gasteiger partial charge in [0.05, 0.1) is 12.7 Å². The maximum atomic E-state index is 10.2. The van der Waals surface area contributed by atoms with E-state index in [0.29, 0.717) is 32.7 Å². The molecule has 0 radical (unpaired) electrons. The average Bonchev–Trinajstić information content (AvgIpc) is 2.20. The molecule has 0 aromatic heterocycles. The van der Waals surface area contributed by atoms with E-state index in [9.17, 15) is 4.79 Å². The number of carboxylic acids is 1. The van der Waals surface area contributed by atoms with E-state index in [1.807, 2.05) is 4.90 Å². The molecule has 0 amide bonds. The lowest BCUT2D eigenvalue weighted by atomic mass is 10.3. The third kappa shape index (κ3) is 8.94. The van der Waals surface area contributed by atoms with Crippen molar-refractivity contribution in [2.75, 3.05) is 33.4 Å². The third-order valence-corrected chi connectivity index (χ3v) is 1.78. The molecular formula is C10H16N2O3. The highest BCUT2D eigenvalue weighted by Crippen LogP contribution is 1.92. The summed E-state index contributed by atoms with van der Waals surface area (Å²) in [6, 6.07) is 2.05. The molecule has 0 rings (SSSR count). The van der Waals surface area contributed by atoms with Gasteiger partial charge in [-0.25, -0.2) is 4.79 Å². The van der Waals surface area contributed by atoms with Gasteiger partial charge in [-0.15, -0.1) is 0 Å². The first-order valence-electron chi connectivity index (χ1n) is 4.68. The topological polar surface area (TPSA) is 73.6 Å². The Labute approximate surface area is 89.6 Å². The van der Waals surface area contributed by atoms with Crippen molar-refractivity contribution in [3.05, 3.63) is 12.2 Å². The van der Waals surface area contributed by atoms with Crippen molar-refractivity contribution in [2.24, 2.45) is 0 Å². The van der Waals surface area contributed by atoms with E-state index in [1.165, 1.54) is 0 Å². The second kappa shape index (κ2) is 9.19. The smallest absolute Gasteiger partial charge is 0.328 e. The lowest BCUT2D eigenvalue weighted by molar-refractivity contribution is -0.131. The number of nitrogens with zero attached hydrogens (tertiary/aromatic N) is 2. The molecule has 5 heteroatoms. The molecule has 0 spiro atoms. The van der Waals surface area contributed by atoms with Crippen LogP contribution in [0.2, 0.25) is 0 Å². The minimum Gasteiger partial charge on any atom is -0.478 e. The van der Waals surface area contributed by atoms with Crippen molar-refractivity contribution >= 4 is 5.97 Å². The van der Waals surface area contributed by atoms with Crippen molar-refractivity contribution in [3.63, 3.8) is 0 Å². The average molecular weight is 212 g/mol. The van der Waals surface area contributed by atoms with Gasteiger partial charge in [0.1, 0.15) is 0 Å². The van der Waals surface area contributed by atoms with Crippen LogP contribution in [0.25, 0.3) is 0 Å². The number of methoxy groups -OCH3 is 1. The quantitative estimate of drug-likeness (QED) is 0.593. The first kappa shape index (κ1) is 13.6. The maximum absolute atomic E-state index is 10.2. The number of hydrogen-bond donors (Lipinski definition) is 1. The maximum Gasteiger partial charge on any atom is 0.328 e. The van der Waals surface area contributed by atoms with Crippen LogP contribution < -0.4 is 0 Å². The normalized spacial score (nSPS) is 10.7. The monoisotopic (exact) mass is 212 g/mol. The zero-order valence-corrected chi connectivity index (χ0v) is 8.85. The van der Waals surface area contributed by atoms with E-state index in [2.05, 4.69) is 6.07 Å². The number of aliphatic carboxylic acids is 1. The predicted molar refractivity (Wildman–Crippen MR) is 55.3 cm³/mol. The van der Waals surface area contributed by atoms with Crippen molar-refractivity contribution in [1.82, 2.24) is 4.90 Å². The summed E-state index contributed by atoms with van der Waals surface area (Å²) in [5, 5.41) is 16.8. The second-order valence-corrected chi connectivity index (χ2v) is 2.94. The fourth-order valence-electron chi connectivity index (χ4n) is 1.03. The summed E-state index contributed by atoms with van der Waals surface area (Å²) in [5.74, 6) is -0.957. The lowest BCUT2D eigenvalue weighted by Crippen LogP contribution is -2.28. The summed E-state index contributed by atoms with van der Waals surface area (Å²) in [6.07, 6.45) is 3.10. The van der Waals surface area contributed by atoms with Crippen LogP contribution in [-0.4, -0.2) is 49.3 Å². The van der Waals surface area contributed by atoms with Gasteiger partial charge in [-0.3, -0.25) is 4.90 Å². The van der Waals surface area contributed by atoms with Crippen molar-refractivity contribution in [2.45, 2.75) is 6.42 Å². The van der Waals surface area contributed by atoms with Crippen LogP contribution in [0.4, 0.5) is 0 Å². The van der Waals surface area contributed by atoms with Crippen LogP contribution in [-0.2, 0) is 9.53 Å². The van der Waals surface area contributed by atoms with Crippen LogP contribution in [0.3, 0.4) is 0 Å². The predicted octanol–water partition coefficient (Wildman–Crippen LogP) is 0.489. The minimum atomic E-state index is -0.957. The summed E-state index contributed by atoms with van der Waals surface area (Å²) >= 11 is 0. The van der Waals surface area contributed by atoms with Crippen molar-refractivity contribution in [3.8, 4) is 6.07 Å². The fraction of sp³-hybridized carbons (Fsp3) is 0.600. The Morgan fingerprint density at radius 3 is 2.87 bits per heavy atom. The zero-order chi connectivity index (χ0) is 11.5. The Kier molecular flexibility index (Phi) is 8.34. The van der Waals surface area contributed by atoms with Crippen LogP contribution >= 0.6 is 0 Å². The van der Waals surface area contributed by atoms with E-state index in [0.717, 1.165) is 6.08 Å². The van der Waals surface area contributed by atoms with Gasteiger partial charge in [-0.1, -0.05) is 6.08 Å². The number of rotatable bonds is 8. The number of carbonyl (C=O) groups is 1. The van der Waals surface area contributed by atoms with Gasteiger partial charge in [0.25, 0.3) is 0 Å². The summed E-state index contributed by atoms with van der Waals surface area (Å²) in [5.41, 5.74) is 0. The fourth-order valence-corrected chi connectivity index (χ4v) is 1.03. The molecule has 0 atom stereocenters. The zero-order valence-electron chi connectivity index (χ0n) is 8.85. The Bertz CT molecular complexity index is 246. The molecule has 0 aromatic rings. The van der Waals surface area contributed by atoms with E-state index < -0.39 is 5.97 Å². The van der Waals surface area contributed by atoms with Gasteiger partial charge < -0.3 is 9.84 Å². The van der Waals surface area contributed by atoms with Crippen LogP contribution in [0.1, 0.15) is 6.42 Å². The minimum absolute atomic E-state index is 0.435. The number of carboxylic acid groups (broad SMARTS) is 1.